The first-order valence-electron chi connectivity index (χ1n) is 6.37. The van der Waals surface area contributed by atoms with Crippen LogP contribution in [-0.4, -0.2) is 18.9 Å². The maximum absolute atomic E-state index is 11.8. The summed E-state index contributed by atoms with van der Waals surface area (Å²) < 4.78 is 4.83. The van der Waals surface area contributed by atoms with Crippen molar-refractivity contribution in [3.05, 3.63) is 0 Å². The molecule has 0 radical (unpaired) electrons. The zero-order valence-electron chi connectivity index (χ0n) is 11.9. The molecule has 0 heterocycles. The molecule has 2 atom stereocenters. The lowest BCUT2D eigenvalue weighted by atomic mass is 9.79. The highest BCUT2D eigenvalue weighted by Crippen LogP contribution is 2.28. The summed E-state index contributed by atoms with van der Waals surface area (Å²) in [5.41, 5.74) is 0. The highest BCUT2D eigenvalue weighted by atomic mass is 16.5. The molecule has 3 heteroatoms. The van der Waals surface area contributed by atoms with E-state index in [9.17, 15) is 9.59 Å². The van der Waals surface area contributed by atoms with Crippen molar-refractivity contribution in [3.63, 3.8) is 0 Å². The number of hydrogen-bond acceptors (Lipinski definition) is 3. The van der Waals surface area contributed by atoms with Crippen LogP contribution in [0.15, 0.2) is 0 Å². The smallest absolute Gasteiger partial charge is 0.309 e. The van der Waals surface area contributed by atoms with Crippen LogP contribution in [-0.2, 0) is 14.3 Å². The zero-order valence-corrected chi connectivity index (χ0v) is 11.9. The summed E-state index contributed by atoms with van der Waals surface area (Å²) in [5, 5.41) is 0. The lowest BCUT2D eigenvalue weighted by molar-refractivity contribution is -0.150. The number of methoxy groups -OCH3 is 1. The number of ether oxygens (including phenoxy) is 1. The van der Waals surface area contributed by atoms with Crippen LogP contribution in [0.25, 0.3) is 0 Å². The Labute approximate surface area is 105 Å². The molecule has 17 heavy (non-hydrogen) atoms. The predicted molar refractivity (Wildman–Crippen MR) is 68.6 cm³/mol. The molecule has 0 spiro atoms. The molecule has 0 aliphatic rings. The van der Waals surface area contributed by atoms with Gasteiger partial charge in [0.1, 0.15) is 5.78 Å². The molecule has 0 aromatic heterocycles. The van der Waals surface area contributed by atoms with Crippen molar-refractivity contribution in [1.82, 2.24) is 0 Å². The van der Waals surface area contributed by atoms with Crippen LogP contribution >= 0.6 is 0 Å². The van der Waals surface area contributed by atoms with Gasteiger partial charge in [0.2, 0.25) is 0 Å². The van der Waals surface area contributed by atoms with Gasteiger partial charge in [0, 0.05) is 5.92 Å². The highest BCUT2D eigenvalue weighted by molar-refractivity contribution is 5.85. The molecule has 0 rings (SSSR count). The molecular formula is C14H26O3. The van der Waals surface area contributed by atoms with E-state index < -0.39 is 0 Å². The molecule has 0 bridgehead atoms. The Morgan fingerprint density at radius 1 is 0.941 bits per heavy atom. The van der Waals surface area contributed by atoms with E-state index in [-0.39, 0.29) is 23.6 Å². The average Bonchev–Trinajstić information content (AvgIpc) is 2.21. The molecule has 2 unspecified atom stereocenters. The van der Waals surface area contributed by atoms with E-state index in [1.54, 1.807) is 6.92 Å². The Hall–Kier alpha value is -0.860. The fraction of sp³-hybridized carbons (Fsp3) is 0.857. The topological polar surface area (TPSA) is 43.4 Å². The second kappa shape index (κ2) is 7.46. The van der Waals surface area contributed by atoms with Gasteiger partial charge in [-0.1, -0.05) is 27.7 Å². The number of esters is 1. The van der Waals surface area contributed by atoms with Crippen molar-refractivity contribution in [2.45, 2.75) is 47.5 Å². The van der Waals surface area contributed by atoms with E-state index in [0.717, 1.165) is 6.42 Å². The van der Waals surface area contributed by atoms with Gasteiger partial charge in [-0.3, -0.25) is 9.59 Å². The Balaban J connectivity index is 4.92. The van der Waals surface area contributed by atoms with Gasteiger partial charge in [-0.05, 0) is 31.6 Å². The number of carbonyl (C=O) groups excluding carboxylic acids is 2. The van der Waals surface area contributed by atoms with Gasteiger partial charge in [-0.2, -0.15) is 0 Å². The fourth-order valence-electron chi connectivity index (χ4n) is 2.21. The summed E-state index contributed by atoms with van der Waals surface area (Å²) in [6.07, 6.45) is 1.46. The molecule has 0 aromatic rings. The monoisotopic (exact) mass is 242 g/mol. The van der Waals surface area contributed by atoms with Crippen LogP contribution in [0.1, 0.15) is 47.5 Å². The van der Waals surface area contributed by atoms with Gasteiger partial charge in [0.05, 0.1) is 13.0 Å². The van der Waals surface area contributed by atoms with Crippen LogP contribution in [0.3, 0.4) is 0 Å². The van der Waals surface area contributed by atoms with Crippen molar-refractivity contribution >= 4 is 11.8 Å². The molecule has 3 nitrogen and oxygen atoms in total. The maximum atomic E-state index is 11.8. The molecule has 0 amide bonds. The Morgan fingerprint density at radius 2 is 1.35 bits per heavy atom. The van der Waals surface area contributed by atoms with E-state index in [1.807, 2.05) is 0 Å². The third-order valence-electron chi connectivity index (χ3n) is 2.96. The van der Waals surface area contributed by atoms with E-state index in [4.69, 9.17) is 4.74 Å². The molecule has 0 aliphatic carbocycles. The number of hydrogen-bond donors (Lipinski definition) is 0. The molecule has 0 N–H and O–H groups in total. The van der Waals surface area contributed by atoms with Crippen molar-refractivity contribution in [3.8, 4) is 0 Å². The van der Waals surface area contributed by atoms with Crippen LogP contribution in [0.5, 0.6) is 0 Å². The van der Waals surface area contributed by atoms with Crippen molar-refractivity contribution in [1.29, 1.82) is 0 Å². The van der Waals surface area contributed by atoms with E-state index in [0.29, 0.717) is 18.3 Å². The van der Waals surface area contributed by atoms with Gasteiger partial charge in [0.15, 0.2) is 0 Å². The van der Waals surface area contributed by atoms with Gasteiger partial charge in [-0.15, -0.1) is 0 Å². The second-order valence-corrected chi connectivity index (χ2v) is 5.61. The van der Waals surface area contributed by atoms with E-state index in [1.165, 1.54) is 7.11 Å². The second-order valence-electron chi connectivity index (χ2n) is 5.61. The standard InChI is InChI=1S/C14H26O3/c1-9(2)7-12(11(5)15)13(8-10(3)4)14(16)17-6/h9-10,12-13H,7-8H2,1-6H3. The van der Waals surface area contributed by atoms with Crippen LogP contribution in [0, 0.1) is 23.7 Å². The van der Waals surface area contributed by atoms with Crippen molar-refractivity contribution in [2.75, 3.05) is 7.11 Å². The first kappa shape index (κ1) is 16.1. The quantitative estimate of drug-likeness (QED) is 0.644. The van der Waals surface area contributed by atoms with Crippen LogP contribution in [0.2, 0.25) is 0 Å². The Bertz CT molecular complexity index is 256. The number of carbonyl (C=O) groups is 2. The van der Waals surface area contributed by atoms with E-state index >= 15 is 0 Å². The van der Waals surface area contributed by atoms with Gasteiger partial charge >= 0.3 is 5.97 Å². The van der Waals surface area contributed by atoms with Gasteiger partial charge in [0.25, 0.3) is 0 Å². The molecule has 0 aliphatic heterocycles. The number of rotatable bonds is 7. The lowest BCUT2D eigenvalue weighted by Gasteiger charge is -2.25. The summed E-state index contributed by atoms with van der Waals surface area (Å²) in [5.74, 6) is 0.135. The summed E-state index contributed by atoms with van der Waals surface area (Å²) in [6.45, 7) is 9.83. The van der Waals surface area contributed by atoms with Crippen LogP contribution < -0.4 is 0 Å². The highest BCUT2D eigenvalue weighted by Gasteiger charge is 2.33. The first-order valence-corrected chi connectivity index (χ1v) is 6.37. The summed E-state index contributed by atoms with van der Waals surface area (Å²) in [7, 11) is 1.39. The molecule has 0 aromatic carbocycles. The van der Waals surface area contributed by atoms with E-state index in [2.05, 4.69) is 27.7 Å². The minimum Gasteiger partial charge on any atom is -0.469 e. The zero-order chi connectivity index (χ0) is 13.6. The summed E-state index contributed by atoms with van der Waals surface area (Å²) in [6, 6.07) is 0. The number of Topliss-reactive ketones (excluding diaryl/α,β-unsaturated/α-hetero) is 1. The average molecular weight is 242 g/mol. The maximum Gasteiger partial charge on any atom is 0.309 e. The lowest BCUT2D eigenvalue weighted by Crippen LogP contribution is -2.32. The van der Waals surface area contributed by atoms with Gasteiger partial charge < -0.3 is 4.74 Å². The third kappa shape index (κ3) is 5.85. The molecule has 0 fully saturated rings. The Kier molecular flexibility index (Phi) is 7.09. The number of ketones is 1. The molecule has 100 valence electrons. The third-order valence-corrected chi connectivity index (χ3v) is 2.96. The molecule has 0 saturated heterocycles. The Morgan fingerprint density at radius 3 is 1.65 bits per heavy atom. The first-order chi connectivity index (χ1) is 7.79. The predicted octanol–water partition coefficient (Wildman–Crippen LogP) is 3.07. The summed E-state index contributed by atoms with van der Waals surface area (Å²) in [4.78, 5) is 23.5. The minimum atomic E-state index is -0.292. The minimum absolute atomic E-state index is 0.0924. The summed E-state index contributed by atoms with van der Waals surface area (Å²) >= 11 is 0. The fourth-order valence-corrected chi connectivity index (χ4v) is 2.21. The van der Waals surface area contributed by atoms with Crippen LogP contribution in [0.4, 0.5) is 0 Å². The normalized spacial score (nSPS) is 14.8. The molecule has 0 saturated carbocycles. The largest absolute Gasteiger partial charge is 0.469 e. The van der Waals surface area contributed by atoms with Crippen molar-refractivity contribution < 1.29 is 14.3 Å². The molecular weight excluding hydrogens is 216 g/mol. The van der Waals surface area contributed by atoms with Gasteiger partial charge in [-0.25, -0.2) is 0 Å². The van der Waals surface area contributed by atoms with Crippen molar-refractivity contribution in [2.24, 2.45) is 23.7 Å². The SMILES string of the molecule is COC(=O)C(CC(C)C)C(CC(C)C)C(C)=O.